The third-order valence-corrected chi connectivity index (χ3v) is 7.86. The molecule has 1 fully saturated rings. The molecule has 0 saturated heterocycles. The predicted molar refractivity (Wildman–Crippen MR) is 139 cm³/mol. The van der Waals surface area contributed by atoms with Gasteiger partial charge in [0.15, 0.2) is 0 Å². The van der Waals surface area contributed by atoms with Gasteiger partial charge in [0.1, 0.15) is 6.17 Å². The maximum Gasteiger partial charge on any atom is 0.335 e. The van der Waals surface area contributed by atoms with Gasteiger partial charge in [0, 0.05) is 60.1 Å². The van der Waals surface area contributed by atoms with E-state index in [4.69, 9.17) is 11.6 Å². The normalized spacial score (nSPS) is 20.9. The Morgan fingerprint density at radius 2 is 1.94 bits per heavy atom. The lowest BCUT2D eigenvalue weighted by Gasteiger charge is -2.31. The molecule has 1 saturated carbocycles. The molecule has 186 valence electrons. The van der Waals surface area contributed by atoms with Crippen molar-refractivity contribution in [2.75, 3.05) is 33.7 Å². The van der Waals surface area contributed by atoms with E-state index in [2.05, 4.69) is 34.5 Å². The van der Waals surface area contributed by atoms with Gasteiger partial charge in [-0.25, -0.2) is 9.18 Å². The van der Waals surface area contributed by atoms with Crippen molar-refractivity contribution < 1.29 is 14.3 Å². The Hall–Kier alpha value is -2.41. The number of carboxylic acids is 1. The van der Waals surface area contributed by atoms with Gasteiger partial charge >= 0.3 is 5.97 Å². The van der Waals surface area contributed by atoms with Crippen molar-refractivity contribution in [1.82, 2.24) is 14.4 Å². The fraction of sp³-hybridized carbons (Fsp3) is 0.464. The Morgan fingerprint density at radius 3 is 2.69 bits per heavy atom. The maximum absolute atomic E-state index is 15.4. The monoisotopic (exact) mass is 497 g/mol. The molecule has 1 aliphatic carbocycles. The average Bonchev–Trinajstić information content (AvgIpc) is 3.12. The fourth-order valence-electron chi connectivity index (χ4n) is 5.84. The number of likely N-dealkylation sites (N-methyl/N-ethyl adjacent to an activating group) is 1. The molecule has 1 aliphatic heterocycles. The summed E-state index contributed by atoms with van der Waals surface area (Å²) in [6.07, 6.45) is 2.43. The zero-order valence-corrected chi connectivity index (χ0v) is 21.2. The second-order valence-corrected chi connectivity index (χ2v) is 10.7. The summed E-state index contributed by atoms with van der Waals surface area (Å²) in [6, 6.07) is 11.3. The Kier molecular flexibility index (Phi) is 6.88. The molecule has 5 rings (SSSR count). The quantitative estimate of drug-likeness (QED) is 0.467. The van der Waals surface area contributed by atoms with Crippen molar-refractivity contribution >= 4 is 28.5 Å². The Morgan fingerprint density at radius 1 is 1.14 bits per heavy atom. The number of benzene rings is 2. The summed E-state index contributed by atoms with van der Waals surface area (Å²) in [6.45, 7) is 4.16. The minimum atomic E-state index is -0.948. The molecule has 0 radical (unpaired) electrons. The molecule has 2 heterocycles. The number of hydrogen-bond donors (Lipinski definition) is 1. The number of aromatic carboxylic acids is 1. The smallest absolute Gasteiger partial charge is 0.335 e. The van der Waals surface area contributed by atoms with Crippen molar-refractivity contribution in [3.63, 3.8) is 0 Å². The van der Waals surface area contributed by atoms with E-state index >= 15 is 4.39 Å². The standard InChI is InChI=1S/C28H33ClFN3O2/c1-31(2)11-12-32-13-14-33-25-16-18(28(34)35)7-9-23(25)26(22-5-3-4-6-24(22)30)27(33)21-10-8-20(29)15-19(21)17-32/h7-10,15-16,22,24H,3-6,11-14,17H2,1-2H3,(H,34,35)/t22-,24-/m0/s1. The van der Waals surface area contributed by atoms with E-state index in [1.54, 1.807) is 12.1 Å². The van der Waals surface area contributed by atoms with Gasteiger partial charge in [0.05, 0.1) is 11.3 Å². The summed E-state index contributed by atoms with van der Waals surface area (Å²) in [4.78, 5) is 16.4. The Bertz CT molecular complexity index is 1250. The first-order valence-electron chi connectivity index (χ1n) is 12.5. The van der Waals surface area contributed by atoms with Crippen LogP contribution in [0.1, 0.15) is 53.1 Å². The molecule has 0 unspecified atom stereocenters. The lowest BCUT2D eigenvalue weighted by Crippen LogP contribution is -2.35. The van der Waals surface area contributed by atoms with Gasteiger partial charge in [0.2, 0.25) is 0 Å². The van der Waals surface area contributed by atoms with Crippen LogP contribution in [0.2, 0.25) is 5.02 Å². The highest BCUT2D eigenvalue weighted by molar-refractivity contribution is 6.30. The summed E-state index contributed by atoms with van der Waals surface area (Å²) in [5.74, 6) is -1.14. The topological polar surface area (TPSA) is 48.7 Å². The molecule has 7 heteroatoms. The Balaban J connectivity index is 1.75. The molecule has 2 atom stereocenters. The molecule has 1 aromatic heterocycles. The first kappa shape index (κ1) is 24.3. The lowest BCUT2D eigenvalue weighted by molar-refractivity contribution is 0.0697. The minimum Gasteiger partial charge on any atom is -0.478 e. The van der Waals surface area contributed by atoms with Crippen molar-refractivity contribution in [2.45, 2.75) is 50.9 Å². The van der Waals surface area contributed by atoms with Crippen molar-refractivity contribution in [3.8, 4) is 11.3 Å². The summed E-state index contributed by atoms with van der Waals surface area (Å²) < 4.78 is 17.7. The van der Waals surface area contributed by atoms with Gasteiger partial charge in [-0.15, -0.1) is 0 Å². The molecule has 1 N–H and O–H groups in total. The van der Waals surface area contributed by atoms with Crippen LogP contribution in [-0.2, 0) is 13.1 Å². The summed E-state index contributed by atoms with van der Waals surface area (Å²) >= 11 is 6.46. The molecule has 2 aromatic carbocycles. The molecule has 0 bridgehead atoms. The number of alkyl halides is 1. The van der Waals surface area contributed by atoms with Gasteiger partial charge in [-0.05, 0) is 62.3 Å². The third-order valence-electron chi connectivity index (χ3n) is 7.62. The van der Waals surface area contributed by atoms with Crippen LogP contribution < -0.4 is 0 Å². The fourth-order valence-corrected chi connectivity index (χ4v) is 6.03. The molecule has 5 nitrogen and oxygen atoms in total. The molecule has 35 heavy (non-hydrogen) atoms. The number of hydrogen-bond acceptors (Lipinski definition) is 3. The number of fused-ring (bicyclic) bond motifs is 5. The predicted octanol–water partition coefficient (Wildman–Crippen LogP) is 6.03. The molecule has 2 aliphatic rings. The van der Waals surface area contributed by atoms with Crippen LogP contribution in [0.3, 0.4) is 0 Å². The van der Waals surface area contributed by atoms with Crippen LogP contribution in [0.4, 0.5) is 4.39 Å². The van der Waals surface area contributed by atoms with Crippen LogP contribution in [-0.4, -0.2) is 65.3 Å². The number of aromatic nitrogens is 1. The summed E-state index contributed by atoms with van der Waals surface area (Å²) in [5.41, 5.74) is 5.41. The van der Waals surface area contributed by atoms with E-state index in [1.807, 2.05) is 18.2 Å². The van der Waals surface area contributed by atoms with Gasteiger partial charge in [-0.3, -0.25) is 4.90 Å². The Labute approximate surface area is 211 Å². The number of rotatable bonds is 5. The zero-order chi connectivity index (χ0) is 24.7. The van der Waals surface area contributed by atoms with Crippen LogP contribution >= 0.6 is 11.6 Å². The van der Waals surface area contributed by atoms with Crippen molar-refractivity contribution in [1.29, 1.82) is 0 Å². The largest absolute Gasteiger partial charge is 0.478 e. The van der Waals surface area contributed by atoms with E-state index in [9.17, 15) is 9.90 Å². The first-order chi connectivity index (χ1) is 16.8. The molecular formula is C28H33ClFN3O2. The van der Waals surface area contributed by atoms with Gasteiger partial charge in [0.25, 0.3) is 0 Å². The second-order valence-electron chi connectivity index (χ2n) is 10.2. The van der Waals surface area contributed by atoms with E-state index in [-0.39, 0.29) is 11.5 Å². The maximum atomic E-state index is 15.4. The van der Waals surface area contributed by atoms with E-state index in [1.165, 1.54) is 0 Å². The molecule has 3 aromatic rings. The third kappa shape index (κ3) is 4.72. The minimum absolute atomic E-state index is 0.189. The lowest BCUT2D eigenvalue weighted by atomic mass is 9.80. The van der Waals surface area contributed by atoms with Crippen LogP contribution in [0.5, 0.6) is 0 Å². The van der Waals surface area contributed by atoms with Crippen LogP contribution in [0, 0.1) is 0 Å². The molecular weight excluding hydrogens is 465 g/mol. The van der Waals surface area contributed by atoms with E-state index in [0.29, 0.717) is 18.0 Å². The van der Waals surface area contributed by atoms with Crippen LogP contribution in [0.15, 0.2) is 36.4 Å². The number of carbonyl (C=O) groups is 1. The highest BCUT2D eigenvalue weighted by Gasteiger charge is 2.34. The van der Waals surface area contributed by atoms with Gasteiger partial charge < -0.3 is 14.6 Å². The van der Waals surface area contributed by atoms with Crippen molar-refractivity contribution in [3.05, 3.63) is 58.1 Å². The SMILES string of the molecule is CN(C)CCN1CCn2c(c([C@H]3CCCC[C@@H]3F)c3ccc(C(=O)O)cc32)-c2ccc(Cl)cc2C1. The summed E-state index contributed by atoms with van der Waals surface area (Å²) in [7, 11) is 4.15. The van der Waals surface area contributed by atoms with Gasteiger partial charge in [-0.2, -0.15) is 0 Å². The zero-order valence-electron chi connectivity index (χ0n) is 20.4. The average molecular weight is 498 g/mol. The second kappa shape index (κ2) is 9.92. The van der Waals surface area contributed by atoms with Gasteiger partial charge in [-0.1, -0.05) is 36.6 Å². The first-order valence-corrected chi connectivity index (χ1v) is 12.9. The molecule has 0 spiro atoms. The highest BCUT2D eigenvalue weighted by atomic mass is 35.5. The number of nitrogens with zero attached hydrogens (tertiary/aromatic N) is 3. The van der Waals surface area contributed by atoms with Crippen molar-refractivity contribution in [2.24, 2.45) is 0 Å². The van der Waals surface area contributed by atoms with E-state index in [0.717, 1.165) is 78.7 Å². The summed E-state index contributed by atoms with van der Waals surface area (Å²) in [5, 5.41) is 11.4. The number of carboxylic acid groups (broad SMARTS) is 1. The van der Waals surface area contributed by atoms with Crippen LogP contribution in [0.25, 0.3) is 22.2 Å². The molecule has 0 amide bonds. The van der Waals surface area contributed by atoms with E-state index < -0.39 is 12.1 Å². The highest BCUT2D eigenvalue weighted by Crippen LogP contribution is 2.46. The number of halogens is 2.